The highest BCUT2D eigenvalue weighted by molar-refractivity contribution is 7.19. The molecule has 3 rings (SSSR count). The van der Waals surface area contributed by atoms with Crippen molar-refractivity contribution in [1.82, 2.24) is 4.90 Å². The summed E-state index contributed by atoms with van der Waals surface area (Å²) in [6.07, 6.45) is 2.71. The van der Waals surface area contributed by atoms with Gasteiger partial charge in [0.05, 0.1) is 0 Å². The van der Waals surface area contributed by atoms with Crippen molar-refractivity contribution in [2.75, 3.05) is 13.1 Å². The van der Waals surface area contributed by atoms with Gasteiger partial charge in [-0.05, 0) is 44.1 Å². The quantitative estimate of drug-likeness (QED) is 0.775. The number of benzene rings is 1. The molecule has 16 heavy (non-hydrogen) atoms. The average Bonchev–Trinajstić information content (AvgIpc) is 2.88. The maximum atomic E-state index is 6.18. The van der Waals surface area contributed by atoms with Crippen molar-refractivity contribution in [3.05, 3.63) is 34.2 Å². The van der Waals surface area contributed by atoms with Crippen LogP contribution in [-0.2, 0) is 6.54 Å². The van der Waals surface area contributed by atoms with Gasteiger partial charge in [-0.2, -0.15) is 0 Å². The summed E-state index contributed by atoms with van der Waals surface area (Å²) in [7, 11) is 0. The first-order valence-electron chi connectivity index (χ1n) is 5.72. The van der Waals surface area contributed by atoms with Crippen LogP contribution < -0.4 is 0 Å². The molecule has 0 aliphatic carbocycles. The SMILES string of the molecule is Clc1cccc2sc(CN3CCCC3)cc12. The van der Waals surface area contributed by atoms with E-state index >= 15 is 0 Å². The van der Waals surface area contributed by atoms with Gasteiger partial charge in [-0.15, -0.1) is 11.3 Å². The third-order valence-corrected chi connectivity index (χ3v) is 4.55. The molecular weight excluding hydrogens is 238 g/mol. The Bertz CT molecular complexity index is 500. The Morgan fingerprint density at radius 3 is 2.81 bits per heavy atom. The van der Waals surface area contributed by atoms with Crippen molar-refractivity contribution in [2.24, 2.45) is 0 Å². The molecule has 0 amide bonds. The molecule has 0 bridgehead atoms. The van der Waals surface area contributed by atoms with Gasteiger partial charge in [0.25, 0.3) is 0 Å². The van der Waals surface area contributed by atoms with Crippen LogP contribution in [0, 0.1) is 0 Å². The number of fused-ring (bicyclic) bond motifs is 1. The lowest BCUT2D eigenvalue weighted by Crippen LogP contribution is -2.17. The van der Waals surface area contributed by atoms with Crippen molar-refractivity contribution in [1.29, 1.82) is 0 Å². The van der Waals surface area contributed by atoms with Crippen LogP contribution in [0.25, 0.3) is 10.1 Å². The minimum atomic E-state index is 0.876. The van der Waals surface area contributed by atoms with Gasteiger partial charge < -0.3 is 0 Å². The Hall–Kier alpha value is -0.570. The van der Waals surface area contributed by atoms with Gasteiger partial charge in [-0.3, -0.25) is 4.90 Å². The van der Waals surface area contributed by atoms with E-state index in [1.807, 2.05) is 23.5 Å². The first-order chi connectivity index (χ1) is 7.83. The molecule has 1 aliphatic heterocycles. The lowest BCUT2D eigenvalue weighted by Gasteiger charge is -2.12. The minimum absolute atomic E-state index is 0.876. The van der Waals surface area contributed by atoms with Crippen LogP contribution in [-0.4, -0.2) is 18.0 Å². The van der Waals surface area contributed by atoms with E-state index < -0.39 is 0 Å². The second-order valence-corrected chi connectivity index (χ2v) is 5.92. The Morgan fingerprint density at radius 1 is 1.25 bits per heavy atom. The Morgan fingerprint density at radius 2 is 2.06 bits per heavy atom. The van der Waals surface area contributed by atoms with E-state index in [1.165, 1.54) is 40.9 Å². The van der Waals surface area contributed by atoms with Crippen molar-refractivity contribution >= 4 is 33.0 Å². The highest BCUT2D eigenvalue weighted by Crippen LogP contribution is 2.32. The van der Waals surface area contributed by atoms with Gasteiger partial charge in [0, 0.05) is 26.5 Å². The summed E-state index contributed by atoms with van der Waals surface area (Å²) in [5.74, 6) is 0. The molecule has 1 fully saturated rings. The maximum Gasteiger partial charge on any atom is 0.0492 e. The van der Waals surface area contributed by atoms with E-state index in [2.05, 4.69) is 17.0 Å². The fourth-order valence-corrected chi connectivity index (χ4v) is 3.73. The number of nitrogens with zero attached hydrogens (tertiary/aromatic N) is 1. The smallest absolute Gasteiger partial charge is 0.0492 e. The Balaban J connectivity index is 1.90. The minimum Gasteiger partial charge on any atom is -0.298 e. The molecule has 0 saturated carbocycles. The van der Waals surface area contributed by atoms with Crippen LogP contribution in [0.2, 0.25) is 5.02 Å². The number of thiophene rings is 1. The van der Waals surface area contributed by atoms with Crippen molar-refractivity contribution in [2.45, 2.75) is 19.4 Å². The van der Waals surface area contributed by atoms with Gasteiger partial charge in [-0.1, -0.05) is 17.7 Å². The third kappa shape index (κ3) is 1.97. The maximum absolute atomic E-state index is 6.18. The van der Waals surface area contributed by atoms with Gasteiger partial charge in [0.2, 0.25) is 0 Å². The van der Waals surface area contributed by atoms with Crippen LogP contribution in [0.3, 0.4) is 0 Å². The van der Waals surface area contributed by atoms with Crippen LogP contribution in [0.15, 0.2) is 24.3 Å². The van der Waals surface area contributed by atoms with Crippen molar-refractivity contribution in [3.8, 4) is 0 Å². The molecule has 1 aromatic carbocycles. The summed E-state index contributed by atoms with van der Waals surface area (Å²) in [6.45, 7) is 3.60. The standard InChI is InChI=1S/C13H14ClNS/c14-12-4-3-5-13-11(12)8-10(16-13)9-15-6-1-2-7-15/h3-5,8H,1-2,6-7,9H2. The molecule has 1 aliphatic rings. The summed E-state index contributed by atoms with van der Waals surface area (Å²) < 4.78 is 1.31. The van der Waals surface area contributed by atoms with E-state index in [1.54, 1.807) is 0 Å². The summed E-state index contributed by atoms with van der Waals surface area (Å²) in [5, 5.41) is 2.09. The summed E-state index contributed by atoms with van der Waals surface area (Å²) in [6, 6.07) is 8.40. The zero-order valence-corrected chi connectivity index (χ0v) is 10.7. The number of likely N-dealkylation sites (tertiary alicyclic amines) is 1. The van der Waals surface area contributed by atoms with Crippen LogP contribution in [0.5, 0.6) is 0 Å². The molecule has 0 atom stereocenters. The molecule has 2 heterocycles. The van der Waals surface area contributed by atoms with Crippen molar-refractivity contribution in [3.63, 3.8) is 0 Å². The lowest BCUT2D eigenvalue weighted by molar-refractivity contribution is 0.334. The molecule has 2 aromatic rings. The monoisotopic (exact) mass is 251 g/mol. The third-order valence-electron chi connectivity index (χ3n) is 3.14. The van der Waals surface area contributed by atoms with Crippen LogP contribution in [0.1, 0.15) is 17.7 Å². The molecule has 84 valence electrons. The van der Waals surface area contributed by atoms with Gasteiger partial charge in [0.15, 0.2) is 0 Å². The van der Waals surface area contributed by atoms with Crippen molar-refractivity contribution < 1.29 is 0 Å². The van der Waals surface area contributed by atoms with Gasteiger partial charge >= 0.3 is 0 Å². The number of hydrogen-bond donors (Lipinski definition) is 0. The molecule has 0 N–H and O–H groups in total. The molecule has 0 radical (unpaired) electrons. The Kier molecular flexibility index (Phi) is 2.88. The lowest BCUT2D eigenvalue weighted by atomic mass is 10.2. The number of halogens is 1. The largest absolute Gasteiger partial charge is 0.298 e. The zero-order valence-electron chi connectivity index (χ0n) is 9.08. The first-order valence-corrected chi connectivity index (χ1v) is 6.92. The number of rotatable bonds is 2. The van der Waals surface area contributed by atoms with E-state index in [9.17, 15) is 0 Å². The first kappa shape index (κ1) is 10.6. The molecule has 0 spiro atoms. The summed E-state index contributed by atoms with van der Waals surface area (Å²) >= 11 is 8.05. The Labute approximate surface area is 105 Å². The number of hydrogen-bond acceptors (Lipinski definition) is 2. The van der Waals surface area contributed by atoms with Gasteiger partial charge in [-0.25, -0.2) is 0 Å². The highest BCUT2D eigenvalue weighted by atomic mass is 35.5. The van der Waals surface area contributed by atoms with Crippen LogP contribution >= 0.6 is 22.9 Å². The molecule has 1 aromatic heterocycles. The second kappa shape index (κ2) is 4.36. The molecular formula is C13H14ClNS. The fraction of sp³-hybridized carbons (Fsp3) is 0.385. The van der Waals surface area contributed by atoms with E-state index in [-0.39, 0.29) is 0 Å². The molecule has 3 heteroatoms. The van der Waals surface area contributed by atoms with Crippen LogP contribution in [0.4, 0.5) is 0 Å². The zero-order chi connectivity index (χ0) is 11.0. The summed E-state index contributed by atoms with van der Waals surface area (Å²) in [5.41, 5.74) is 0. The normalized spacial score (nSPS) is 17.3. The molecule has 0 unspecified atom stereocenters. The molecule has 1 nitrogen and oxygen atoms in total. The predicted octanol–water partition coefficient (Wildman–Crippen LogP) is 4.15. The summed E-state index contributed by atoms with van der Waals surface area (Å²) in [4.78, 5) is 3.96. The van der Waals surface area contributed by atoms with E-state index in [0.29, 0.717) is 0 Å². The highest BCUT2D eigenvalue weighted by Gasteiger charge is 2.13. The predicted molar refractivity (Wildman–Crippen MR) is 71.3 cm³/mol. The fourth-order valence-electron chi connectivity index (χ4n) is 2.32. The average molecular weight is 252 g/mol. The van der Waals surface area contributed by atoms with E-state index in [0.717, 1.165) is 11.6 Å². The molecule has 1 saturated heterocycles. The topological polar surface area (TPSA) is 3.24 Å². The van der Waals surface area contributed by atoms with Gasteiger partial charge in [0.1, 0.15) is 0 Å². The second-order valence-electron chi connectivity index (χ2n) is 4.35. The van der Waals surface area contributed by atoms with E-state index in [4.69, 9.17) is 11.6 Å².